The Balaban J connectivity index is 1.60. The average Bonchev–Trinajstić information content (AvgIpc) is 3.08. The molecule has 0 saturated heterocycles. The number of benzene rings is 2. The van der Waals surface area contributed by atoms with Crippen molar-refractivity contribution in [3.63, 3.8) is 0 Å². The fraction of sp³-hybridized carbons (Fsp3) is 0.200. The van der Waals surface area contributed by atoms with Crippen molar-refractivity contribution in [1.82, 2.24) is 9.78 Å². The van der Waals surface area contributed by atoms with Gasteiger partial charge in [-0.3, -0.25) is 9.89 Å². The van der Waals surface area contributed by atoms with Gasteiger partial charge in [-0.1, -0.05) is 30.4 Å². The first kappa shape index (κ1) is 22.2. The molecule has 0 bridgehead atoms. The number of rotatable bonds is 5. The second-order valence-electron chi connectivity index (χ2n) is 8.17. The second-order valence-corrected chi connectivity index (χ2v) is 8.17. The number of azo groups is 1. The Kier molecular flexibility index (Phi) is 5.69. The molecule has 0 fully saturated rings. The van der Waals surface area contributed by atoms with Crippen molar-refractivity contribution in [3.8, 4) is 5.69 Å². The van der Waals surface area contributed by atoms with Crippen LogP contribution >= 0.6 is 0 Å². The fourth-order valence-electron chi connectivity index (χ4n) is 3.56. The van der Waals surface area contributed by atoms with Crippen molar-refractivity contribution >= 4 is 22.9 Å². The molecule has 1 atom stereocenters. The lowest BCUT2D eigenvalue weighted by Gasteiger charge is -2.21. The van der Waals surface area contributed by atoms with E-state index in [9.17, 15) is 14.7 Å². The Morgan fingerprint density at radius 2 is 1.88 bits per heavy atom. The number of nitrogens with zero attached hydrogens (tertiary/aromatic N) is 3. The van der Waals surface area contributed by atoms with Crippen molar-refractivity contribution in [2.75, 3.05) is 0 Å². The smallest absolute Gasteiger partial charge is 0.340 e. The van der Waals surface area contributed by atoms with Gasteiger partial charge in [-0.2, -0.15) is 5.11 Å². The van der Waals surface area contributed by atoms with Gasteiger partial charge in [-0.25, -0.2) is 9.48 Å². The Labute approximate surface area is 190 Å². The monoisotopic (exact) mass is 444 g/mol. The number of aromatic amines is 1. The average molecular weight is 444 g/mol. The summed E-state index contributed by atoms with van der Waals surface area (Å²) in [4.78, 5) is 24.1. The molecule has 1 aliphatic carbocycles. The topological polar surface area (TPSA) is 120 Å². The van der Waals surface area contributed by atoms with Gasteiger partial charge in [-0.15, -0.1) is 5.11 Å². The zero-order chi connectivity index (χ0) is 23.8. The molecule has 0 aliphatic heterocycles. The zero-order valence-electron chi connectivity index (χ0n) is 18.5. The summed E-state index contributed by atoms with van der Waals surface area (Å²) in [6.45, 7) is 5.78. The number of carboxylic acid groups (broad SMARTS) is 1. The van der Waals surface area contributed by atoms with Crippen molar-refractivity contribution < 1.29 is 15.0 Å². The molecule has 3 aromatic rings. The van der Waals surface area contributed by atoms with E-state index in [2.05, 4.69) is 15.3 Å². The normalized spacial score (nSPS) is 18.0. The van der Waals surface area contributed by atoms with Gasteiger partial charge in [0.1, 0.15) is 0 Å². The van der Waals surface area contributed by atoms with Crippen LogP contribution in [0, 0.1) is 20.8 Å². The van der Waals surface area contributed by atoms with Crippen LogP contribution in [0.1, 0.15) is 28.8 Å². The number of carboxylic acids is 1. The molecule has 3 N–H and O–H groups in total. The molecule has 0 saturated carbocycles. The van der Waals surface area contributed by atoms with Crippen LogP contribution in [-0.4, -0.2) is 31.6 Å². The fourth-order valence-corrected chi connectivity index (χ4v) is 3.56. The summed E-state index contributed by atoms with van der Waals surface area (Å²) < 4.78 is 1.45. The number of hydrogen-bond acceptors (Lipinski definition) is 5. The largest absolute Gasteiger partial charge is 0.479 e. The van der Waals surface area contributed by atoms with Gasteiger partial charge in [0, 0.05) is 6.42 Å². The van der Waals surface area contributed by atoms with E-state index < -0.39 is 11.6 Å². The van der Waals surface area contributed by atoms with Gasteiger partial charge in [0.15, 0.2) is 11.3 Å². The van der Waals surface area contributed by atoms with Crippen molar-refractivity contribution in [2.45, 2.75) is 32.8 Å². The van der Waals surface area contributed by atoms with E-state index in [-0.39, 0.29) is 17.7 Å². The Morgan fingerprint density at radius 3 is 2.55 bits per heavy atom. The highest BCUT2D eigenvalue weighted by Gasteiger charge is 2.33. The number of aryl methyl sites for hydroxylation is 3. The predicted octanol–water partition coefficient (Wildman–Crippen LogP) is 4.67. The maximum atomic E-state index is 12.9. The van der Waals surface area contributed by atoms with Crippen LogP contribution in [0.15, 0.2) is 75.7 Å². The quantitative estimate of drug-likeness (QED) is 0.496. The minimum atomic E-state index is -1.89. The molecule has 0 amide bonds. The van der Waals surface area contributed by atoms with E-state index in [1.165, 1.54) is 10.8 Å². The molecule has 0 spiro atoms. The SMILES string of the molecule is Cc1ccc(-n2[nH]c(C)c(N=Nc3cccc(C4=CCC(O)(C(=O)O)C=C4)c3)c2=O)cc1C. The first-order chi connectivity index (χ1) is 15.7. The van der Waals surface area contributed by atoms with Crippen LogP contribution in [-0.2, 0) is 4.79 Å². The zero-order valence-corrected chi connectivity index (χ0v) is 18.5. The van der Waals surface area contributed by atoms with Crippen molar-refractivity contribution in [2.24, 2.45) is 10.2 Å². The molecule has 1 unspecified atom stereocenters. The highest BCUT2D eigenvalue weighted by atomic mass is 16.4. The highest BCUT2D eigenvalue weighted by molar-refractivity contribution is 5.85. The van der Waals surface area contributed by atoms with Crippen LogP contribution in [0.5, 0.6) is 0 Å². The molecule has 1 aliphatic rings. The molecular formula is C25H24N4O4. The molecular weight excluding hydrogens is 420 g/mol. The molecule has 33 heavy (non-hydrogen) atoms. The molecule has 1 heterocycles. The van der Waals surface area contributed by atoms with Crippen LogP contribution in [0.3, 0.4) is 0 Å². The first-order valence-corrected chi connectivity index (χ1v) is 10.4. The molecule has 1 aromatic heterocycles. The lowest BCUT2D eigenvalue weighted by Crippen LogP contribution is -2.36. The van der Waals surface area contributed by atoms with Crippen LogP contribution in [0.4, 0.5) is 11.4 Å². The molecule has 168 valence electrons. The number of allylic oxidation sites excluding steroid dienone is 2. The summed E-state index contributed by atoms with van der Waals surface area (Å²) >= 11 is 0. The third-order valence-corrected chi connectivity index (χ3v) is 5.78. The maximum Gasteiger partial charge on any atom is 0.340 e. The number of nitrogens with one attached hydrogen (secondary N) is 1. The number of aliphatic hydroxyl groups is 1. The van der Waals surface area contributed by atoms with Gasteiger partial charge in [0.2, 0.25) is 0 Å². The second kappa shape index (κ2) is 8.48. The molecule has 8 nitrogen and oxygen atoms in total. The Hall–Kier alpha value is -4.04. The van der Waals surface area contributed by atoms with E-state index >= 15 is 0 Å². The van der Waals surface area contributed by atoms with E-state index in [0.29, 0.717) is 11.4 Å². The van der Waals surface area contributed by atoms with Crippen LogP contribution in [0.2, 0.25) is 0 Å². The number of carbonyl (C=O) groups is 1. The number of aliphatic carboxylic acids is 1. The maximum absolute atomic E-state index is 12.9. The summed E-state index contributed by atoms with van der Waals surface area (Å²) in [5.41, 5.74) is 3.71. The van der Waals surface area contributed by atoms with E-state index in [1.54, 1.807) is 37.3 Å². The van der Waals surface area contributed by atoms with Gasteiger partial charge >= 0.3 is 5.97 Å². The number of H-pyrrole nitrogens is 1. The predicted molar refractivity (Wildman–Crippen MR) is 126 cm³/mol. The molecule has 0 radical (unpaired) electrons. The standard InChI is InChI=1S/C25H24N4O4/c1-15-7-8-21(13-16(15)2)29-23(30)22(17(3)28-29)27-26-20-6-4-5-19(14-20)18-9-11-25(33,12-10-18)24(31)32/h4-11,13-14,28,33H,12H2,1-3H3,(H,31,32). The molecule has 2 aromatic carbocycles. The van der Waals surface area contributed by atoms with Gasteiger partial charge in [0.05, 0.1) is 17.1 Å². The van der Waals surface area contributed by atoms with Crippen LogP contribution in [0.25, 0.3) is 11.3 Å². The first-order valence-electron chi connectivity index (χ1n) is 10.4. The minimum Gasteiger partial charge on any atom is -0.479 e. The minimum absolute atomic E-state index is 0.0273. The van der Waals surface area contributed by atoms with Crippen molar-refractivity contribution in [3.05, 3.63) is 93.4 Å². The van der Waals surface area contributed by atoms with Crippen LogP contribution < -0.4 is 5.56 Å². The van der Waals surface area contributed by atoms with E-state index in [4.69, 9.17) is 5.11 Å². The Bertz CT molecular complexity index is 1390. The summed E-state index contributed by atoms with van der Waals surface area (Å²) in [7, 11) is 0. The Morgan fingerprint density at radius 1 is 1.09 bits per heavy atom. The van der Waals surface area contributed by atoms with E-state index in [1.807, 2.05) is 38.1 Å². The highest BCUT2D eigenvalue weighted by Crippen LogP contribution is 2.29. The van der Waals surface area contributed by atoms with Gasteiger partial charge < -0.3 is 10.2 Å². The molecule has 4 rings (SSSR count). The molecule has 8 heteroatoms. The number of hydrogen-bond donors (Lipinski definition) is 3. The van der Waals surface area contributed by atoms with Gasteiger partial charge in [0.25, 0.3) is 5.56 Å². The summed E-state index contributed by atoms with van der Waals surface area (Å²) in [6.07, 6.45) is 4.49. The van der Waals surface area contributed by atoms with E-state index in [0.717, 1.165) is 28.0 Å². The summed E-state index contributed by atoms with van der Waals surface area (Å²) in [6, 6.07) is 13.0. The summed E-state index contributed by atoms with van der Waals surface area (Å²) in [5, 5.41) is 30.7. The lowest BCUT2D eigenvalue weighted by molar-refractivity contribution is -0.153. The number of aromatic nitrogens is 2. The van der Waals surface area contributed by atoms with Gasteiger partial charge in [-0.05, 0) is 73.4 Å². The lowest BCUT2D eigenvalue weighted by atomic mass is 9.89. The van der Waals surface area contributed by atoms with Crippen molar-refractivity contribution in [1.29, 1.82) is 0 Å². The third-order valence-electron chi connectivity index (χ3n) is 5.78. The summed E-state index contributed by atoms with van der Waals surface area (Å²) in [5.74, 6) is -1.29. The third kappa shape index (κ3) is 4.33.